The Hall–Kier alpha value is -2.63. The van der Waals surface area contributed by atoms with Crippen LogP contribution < -0.4 is 10.1 Å². The molecule has 1 heterocycles. The first-order valence-corrected chi connectivity index (χ1v) is 8.22. The molecule has 0 unspecified atom stereocenters. The molecule has 1 aromatic carbocycles. The summed E-state index contributed by atoms with van der Waals surface area (Å²) < 4.78 is 5.60. The van der Waals surface area contributed by atoms with Gasteiger partial charge in [0, 0.05) is 18.8 Å². The minimum Gasteiger partial charge on any atom is -0.492 e. The van der Waals surface area contributed by atoms with E-state index in [9.17, 15) is 4.79 Å². The monoisotopic (exact) mass is 328 g/mol. The predicted octanol–water partition coefficient (Wildman–Crippen LogP) is 3.41. The standard InChI is InChI=1S/C18H24N4O2/c1-5-22(6-2)17(23)15-12-13(4)19-18(21-15)20-14-10-8-9-11-16(14)24-7-3/h8-12H,5-7H2,1-4H3,(H,19,20,21). The van der Waals surface area contributed by atoms with Crippen LogP contribution in [0, 0.1) is 6.92 Å². The molecule has 0 aliphatic carbocycles. The SMILES string of the molecule is CCOc1ccccc1Nc1nc(C)cc(C(=O)N(CC)CC)n1. The third-order valence-electron chi connectivity index (χ3n) is 3.56. The summed E-state index contributed by atoms with van der Waals surface area (Å²) in [5, 5.41) is 3.15. The molecule has 0 saturated heterocycles. The number of nitrogens with zero attached hydrogens (tertiary/aromatic N) is 3. The second kappa shape index (κ2) is 8.29. The molecule has 128 valence electrons. The van der Waals surface area contributed by atoms with E-state index in [1.807, 2.05) is 52.0 Å². The lowest BCUT2D eigenvalue weighted by Crippen LogP contribution is -2.31. The molecule has 2 aromatic rings. The Morgan fingerprint density at radius 2 is 1.88 bits per heavy atom. The van der Waals surface area contributed by atoms with E-state index in [1.54, 1.807) is 11.0 Å². The molecule has 1 amide bonds. The number of nitrogens with one attached hydrogen (secondary N) is 1. The highest BCUT2D eigenvalue weighted by Gasteiger charge is 2.16. The summed E-state index contributed by atoms with van der Waals surface area (Å²) in [6.45, 7) is 9.54. The van der Waals surface area contributed by atoms with Gasteiger partial charge in [-0.15, -0.1) is 0 Å². The Bertz CT molecular complexity index is 699. The molecule has 2 rings (SSSR count). The van der Waals surface area contributed by atoms with E-state index in [0.717, 1.165) is 17.1 Å². The highest BCUT2D eigenvalue weighted by Crippen LogP contribution is 2.26. The van der Waals surface area contributed by atoms with Crippen LogP contribution in [-0.2, 0) is 0 Å². The molecule has 24 heavy (non-hydrogen) atoms. The lowest BCUT2D eigenvalue weighted by molar-refractivity contribution is 0.0767. The summed E-state index contributed by atoms with van der Waals surface area (Å²) in [5.41, 5.74) is 1.89. The second-order valence-corrected chi connectivity index (χ2v) is 5.25. The summed E-state index contributed by atoms with van der Waals surface area (Å²) in [4.78, 5) is 23.0. The van der Waals surface area contributed by atoms with Crippen molar-refractivity contribution in [3.8, 4) is 5.75 Å². The first-order chi connectivity index (χ1) is 11.6. The van der Waals surface area contributed by atoms with Crippen molar-refractivity contribution >= 4 is 17.5 Å². The van der Waals surface area contributed by atoms with Gasteiger partial charge < -0.3 is 15.0 Å². The van der Waals surface area contributed by atoms with Gasteiger partial charge in [-0.2, -0.15) is 0 Å². The second-order valence-electron chi connectivity index (χ2n) is 5.25. The molecule has 6 heteroatoms. The molecule has 0 radical (unpaired) electrons. The molecule has 0 spiro atoms. The van der Waals surface area contributed by atoms with Crippen molar-refractivity contribution < 1.29 is 9.53 Å². The predicted molar refractivity (Wildman–Crippen MR) is 94.9 cm³/mol. The number of anilines is 2. The van der Waals surface area contributed by atoms with Crippen LogP contribution in [-0.4, -0.2) is 40.5 Å². The zero-order chi connectivity index (χ0) is 17.5. The largest absolute Gasteiger partial charge is 0.492 e. The van der Waals surface area contributed by atoms with Gasteiger partial charge >= 0.3 is 0 Å². The highest BCUT2D eigenvalue weighted by molar-refractivity contribution is 5.92. The number of aromatic nitrogens is 2. The number of benzene rings is 1. The minimum absolute atomic E-state index is 0.0911. The van der Waals surface area contributed by atoms with Gasteiger partial charge in [0.25, 0.3) is 5.91 Å². The van der Waals surface area contributed by atoms with E-state index in [-0.39, 0.29) is 5.91 Å². The first kappa shape index (κ1) is 17.7. The van der Waals surface area contributed by atoms with Crippen LogP contribution in [0.3, 0.4) is 0 Å². The van der Waals surface area contributed by atoms with E-state index in [0.29, 0.717) is 31.3 Å². The van der Waals surface area contributed by atoms with Crippen molar-refractivity contribution in [3.63, 3.8) is 0 Å². The zero-order valence-corrected chi connectivity index (χ0v) is 14.7. The van der Waals surface area contributed by atoms with Crippen LogP contribution in [0.5, 0.6) is 5.75 Å². The number of rotatable bonds is 7. The fraction of sp³-hybridized carbons (Fsp3) is 0.389. The molecule has 0 bridgehead atoms. The Balaban J connectivity index is 2.31. The smallest absolute Gasteiger partial charge is 0.272 e. The first-order valence-electron chi connectivity index (χ1n) is 8.22. The highest BCUT2D eigenvalue weighted by atomic mass is 16.5. The maximum absolute atomic E-state index is 12.5. The number of ether oxygens (including phenoxy) is 1. The number of hydrogen-bond acceptors (Lipinski definition) is 5. The van der Waals surface area contributed by atoms with Crippen LogP contribution in [0.1, 0.15) is 37.0 Å². The Labute approximate surface area is 142 Å². The van der Waals surface area contributed by atoms with Crippen molar-refractivity contribution in [1.82, 2.24) is 14.9 Å². The molecular weight excluding hydrogens is 304 g/mol. The topological polar surface area (TPSA) is 67.3 Å². The van der Waals surface area contributed by atoms with E-state index in [4.69, 9.17) is 4.74 Å². The lowest BCUT2D eigenvalue weighted by Gasteiger charge is -2.18. The summed E-state index contributed by atoms with van der Waals surface area (Å²) >= 11 is 0. The number of hydrogen-bond donors (Lipinski definition) is 1. The Kier molecular flexibility index (Phi) is 6.12. The van der Waals surface area contributed by atoms with Gasteiger partial charge in [0.05, 0.1) is 12.3 Å². The molecule has 1 N–H and O–H groups in total. The lowest BCUT2D eigenvalue weighted by atomic mass is 10.3. The van der Waals surface area contributed by atoms with Crippen molar-refractivity contribution in [2.45, 2.75) is 27.7 Å². The van der Waals surface area contributed by atoms with E-state index in [1.165, 1.54) is 0 Å². The van der Waals surface area contributed by atoms with E-state index >= 15 is 0 Å². The molecule has 0 fully saturated rings. The molecular formula is C18H24N4O2. The summed E-state index contributed by atoms with van der Waals surface area (Å²) in [7, 11) is 0. The molecule has 0 aliphatic heterocycles. The van der Waals surface area contributed by atoms with E-state index < -0.39 is 0 Å². The average molecular weight is 328 g/mol. The fourth-order valence-corrected chi connectivity index (χ4v) is 2.38. The molecule has 0 saturated carbocycles. The summed E-state index contributed by atoms with van der Waals surface area (Å²) in [5.74, 6) is 1.02. The van der Waals surface area contributed by atoms with Crippen molar-refractivity contribution in [2.24, 2.45) is 0 Å². The fourth-order valence-electron chi connectivity index (χ4n) is 2.38. The van der Waals surface area contributed by atoms with Gasteiger partial charge in [0.2, 0.25) is 5.95 Å². The minimum atomic E-state index is -0.0911. The Morgan fingerprint density at radius 1 is 1.17 bits per heavy atom. The average Bonchev–Trinajstić information content (AvgIpc) is 2.57. The van der Waals surface area contributed by atoms with Crippen molar-refractivity contribution in [2.75, 3.05) is 25.0 Å². The normalized spacial score (nSPS) is 10.3. The summed E-state index contributed by atoms with van der Waals surface area (Å²) in [6.07, 6.45) is 0. The van der Waals surface area contributed by atoms with Crippen molar-refractivity contribution in [3.05, 3.63) is 41.7 Å². The number of aryl methyl sites for hydroxylation is 1. The van der Waals surface area contributed by atoms with Crippen LogP contribution >= 0.6 is 0 Å². The van der Waals surface area contributed by atoms with Gasteiger partial charge in [0.1, 0.15) is 11.4 Å². The van der Waals surface area contributed by atoms with E-state index in [2.05, 4.69) is 15.3 Å². The quantitative estimate of drug-likeness (QED) is 0.843. The van der Waals surface area contributed by atoms with Gasteiger partial charge in [-0.1, -0.05) is 12.1 Å². The third kappa shape index (κ3) is 4.22. The zero-order valence-electron chi connectivity index (χ0n) is 14.7. The number of carbonyl (C=O) groups is 1. The summed E-state index contributed by atoms with van der Waals surface area (Å²) in [6, 6.07) is 9.29. The molecule has 6 nitrogen and oxygen atoms in total. The van der Waals surface area contributed by atoms with Crippen LogP contribution in [0.2, 0.25) is 0 Å². The maximum Gasteiger partial charge on any atom is 0.272 e. The van der Waals surface area contributed by atoms with Gasteiger partial charge in [0.15, 0.2) is 0 Å². The van der Waals surface area contributed by atoms with Gasteiger partial charge in [-0.25, -0.2) is 9.97 Å². The Morgan fingerprint density at radius 3 is 2.54 bits per heavy atom. The number of para-hydroxylation sites is 2. The van der Waals surface area contributed by atoms with Crippen LogP contribution in [0.15, 0.2) is 30.3 Å². The molecule has 0 aliphatic rings. The molecule has 1 aromatic heterocycles. The van der Waals surface area contributed by atoms with Gasteiger partial charge in [-0.3, -0.25) is 4.79 Å². The van der Waals surface area contributed by atoms with Gasteiger partial charge in [-0.05, 0) is 45.9 Å². The number of amides is 1. The molecule has 0 atom stereocenters. The van der Waals surface area contributed by atoms with Crippen molar-refractivity contribution in [1.29, 1.82) is 0 Å². The van der Waals surface area contributed by atoms with Crippen LogP contribution in [0.25, 0.3) is 0 Å². The maximum atomic E-state index is 12.5. The van der Waals surface area contributed by atoms with Crippen LogP contribution in [0.4, 0.5) is 11.6 Å². The third-order valence-corrected chi connectivity index (χ3v) is 3.56. The number of carbonyl (C=O) groups excluding carboxylic acids is 1.